The zero-order chi connectivity index (χ0) is 20.4. The average molecular weight is 393 g/mol. The predicted octanol–water partition coefficient (Wildman–Crippen LogP) is 4.45. The van der Waals surface area contributed by atoms with Crippen LogP contribution in [0.2, 0.25) is 0 Å². The minimum absolute atomic E-state index is 0.112. The zero-order valence-corrected chi connectivity index (χ0v) is 15.5. The maximum atomic E-state index is 15.2. The van der Waals surface area contributed by atoms with Crippen molar-refractivity contribution in [3.05, 3.63) is 83.4 Å². The van der Waals surface area contributed by atoms with Crippen LogP contribution in [0.4, 0.5) is 8.78 Å². The monoisotopic (exact) mass is 393 g/mol. The molecule has 0 saturated carbocycles. The van der Waals surface area contributed by atoms with Gasteiger partial charge in [0, 0.05) is 12.1 Å². The molecule has 1 aromatic heterocycles. The van der Waals surface area contributed by atoms with Gasteiger partial charge in [-0.1, -0.05) is 24.3 Å². The summed E-state index contributed by atoms with van der Waals surface area (Å²) in [6.45, 7) is 0.218. The van der Waals surface area contributed by atoms with E-state index in [1.165, 1.54) is 24.3 Å². The van der Waals surface area contributed by atoms with E-state index in [4.69, 9.17) is 4.74 Å². The lowest BCUT2D eigenvalue weighted by Crippen LogP contribution is -2.23. The fourth-order valence-electron chi connectivity index (χ4n) is 3.15. The van der Waals surface area contributed by atoms with Gasteiger partial charge in [-0.25, -0.2) is 8.78 Å². The van der Waals surface area contributed by atoms with Crippen LogP contribution in [0.3, 0.4) is 0 Å². The van der Waals surface area contributed by atoms with Gasteiger partial charge in [0.15, 0.2) is 0 Å². The second kappa shape index (κ2) is 7.71. The van der Waals surface area contributed by atoms with Crippen LogP contribution in [0, 0.1) is 11.6 Å². The van der Waals surface area contributed by atoms with Gasteiger partial charge in [-0.05, 0) is 42.0 Å². The number of hydrogen-bond acceptors (Lipinski definition) is 3. The molecule has 4 aromatic rings. The number of ether oxygens (including phenoxy) is 1. The van der Waals surface area contributed by atoms with E-state index in [9.17, 15) is 9.18 Å². The highest BCUT2D eigenvalue weighted by Gasteiger charge is 2.20. The van der Waals surface area contributed by atoms with Crippen molar-refractivity contribution in [3.8, 4) is 17.0 Å². The smallest absolute Gasteiger partial charge is 0.254 e. The molecule has 0 radical (unpaired) electrons. The molecule has 0 fully saturated rings. The number of nitrogens with one attached hydrogen (secondary N) is 2. The summed E-state index contributed by atoms with van der Waals surface area (Å²) >= 11 is 0. The number of aromatic amines is 1. The Labute approximate surface area is 165 Å². The molecule has 0 atom stereocenters. The number of H-pyrrole nitrogens is 1. The van der Waals surface area contributed by atoms with Crippen molar-refractivity contribution >= 4 is 16.8 Å². The number of halogens is 2. The van der Waals surface area contributed by atoms with Crippen molar-refractivity contribution in [1.29, 1.82) is 0 Å². The number of methoxy groups -OCH3 is 1. The van der Waals surface area contributed by atoms with Crippen LogP contribution in [0.5, 0.6) is 5.75 Å². The molecule has 0 spiro atoms. The minimum atomic E-state index is -0.710. The van der Waals surface area contributed by atoms with E-state index in [1.807, 2.05) is 12.1 Å². The van der Waals surface area contributed by atoms with Crippen LogP contribution in [0.1, 0.15) is 15.9 Å². The van der Waals surface area contributed by atoms with E-state index < -0.39 is 17.5 Å². The molecule has 5 nitrogen and oxygen atoms in total. The molecular weight excluding hydrogens is 376 g/mol. The molecule has 146 valence electrons. The highest BCUT2D eigenvalue weighted by Crippen LogP contribution is 2.30. The van der Waals surface area contributed by atoms with Gasteiger partial charge >= 0.3 is 0 Å². The van der Waals surface area contributed by atoms with Gasteiger partial charge < -0.3 is 10.1 Å². The van der Waals surface area contributed by atoms with Crippen LogP contribution in [0.25, 0.3) is 22.2 Å². The first-order chi connectivity index (χ1) is 14.1. The van der Waals surface area contributed by atoms with Crippen molar-refractivity contribution in [2.45, 2.75) is 6.54 Å². The number of fused-ring (bicyclic) bond motifs is 1. The third-order valence-electron chi connectivity index (χ3n) is 4.60. The summed E-state index contributed by atoms with van der Waals surface area (Å²) in [5.41, 5.74) is 1.80. The Bertz CT molecular complexity index is 1200. The van der Waals surface area contributed by atoms with Gasteiger partial charge in [-0.3, -0.25) is 9.89 Å². The fourth-order valence-corrected chi connectivity index (χ4v) is 3.15. The van der Waals surface area contributed by atoms with E-state index in [1.54, 1.807) is 31.4 Å². The van der Waals surface area contributed by atoms with E-state index >= 15 is 4.39 Å². The van der Waals surface area contributed by atoms with E-state index in [2.05, 4.69) is 15.5 Å². The molecule has 0 aliphatic heterocycles. The maximum Gasteiger partial charge on any atom is 0.254 e. The largest absolute Gasteiger partial charge is 0.497 e. The van der Waals surface area contributed by atoms with E-state index in [0.29, 0.717) is 16.8 Å². The summed E-state index contributed by atoms with van der Waals surface area (Å²) in [6, 6.07) is 15.9. The molecular formula is C22H17F2N3O2. The van der Waals surface area contributed by atoms with Gasteiger partial charge in [0.2, 0.25) is 0 Å². The first-order valence-electron chi connectivity index (χ1n) is 8.90. The molecule has 1 amide bonds. The fraction of sp³-hybridized carbons (Fsp3) is 0.0909. The van der Waals surface area contributed by atoms with Gasteiger partial charge in [-0.15, -0.1) is 0 Å². The first-order valence-corrected chi connectivity index (χ1v) is 8.90. The number of hydrogen-bond donors (Lipinski definition) is 2. The van der Waals surface area contributed by atoms with Crippen molar-refractivity contribution < 1.29 is 18.3 Å². The number of carbonyl (C=O) groups excluding carboxylic acids is 1. The Morgan fingerprint density at radius 3 is 2.72 bits per heavy atom. The molecule has 0 aliphatic carbocycles. The second-order valence-electron chi connectivity index (χ2n) is 6.47. The first kappa shape index (κ1) is 18.6. The van der Waals surface area contributed by atoms with Gasteiger partial charge in [-0.2, -0.15) is 5.10 Å². The Morgan fingerprint density at radius 2 is 1.93 bits per heavy atom. The van der Waals surface area contributed by atoms with Crippen molar-refractivity contribution in [1.82, 2.24) is 15.5 Å². The third-order valence-corrected chi connectivity index (χ3v) is 4.60. The third kappa shape index (κ3) is 3.67. The quantitative estimate of drug-likeness (QED) is 0.527. The normalized spacial score (nSPS) is 10.9. The standard InChI is InChI=1S/C22H17F2N3O2/c1-29-16-7-2-4-13(10-16)12-25-22(28)17-8-9-18-19(20(17)24)21(27-26-18)14-5-3-6-15(23)11-14/h2-11H,12H2,1H3,(H,25,28)(H,26,27). The van der Waals surface area contributed by atoms with Crippen LogP contribution >= 0.6 is 0 Å². The second-order valence-corrected chi connectivity index (χ2v) is 6.47. The summed E-state index contributed by atoms with van der Waals surface area (Å²) in [5.74, 6) is -1.05. The number of nitrogens with zero attached hydrogens (tertiary/aromatic N) is 1. The molecule has 29 heavy (non-hydrogen) atoms. The van der Waals surface area contributed by atoms with Crippen molar-refractivity contribution in [3.63, 3.8) is 0 Å². The zero-order valence-electron chi connectivity index (χ0n) is 15.5. The maximum absolute atomic E-state index is 15.2. The van der Waals surface area contributed by atoms with E-state index in [0.717, 1.165) is 5.56 Å². The van der Waals surface area contributed by atoms with Crippen LogP contribution in [0.15, 0.2) is 60.7 Å². The van der Waals surface area contributed by atoms with Gasteiger partial charge in [0.1, 0.15) is 23.1 Å². The summed E-state index contributed by atoms with van der Waals surface area (Å²) in [4.78, 5) is 12.6. The Hall–Kier alpha value is -3.74. The van der Waals surface area contributed by atoms with Gasteiger partial charge in [0.05, 0.1) is 23.6 Å². The van der Waals surface area contributed by atoms with E-state index in [-0.39, 0.29) is 23.2 Å². The summed E-state index contributed by atoms with van der Waals surface area (Å²) in [6.07, 6.45) is 0. The molecule has 0 bridgehead atoms. The van der Waals surface area contributed by atoms with Crippen molar-refractivity contribution in [2.75, 3.05) is 7.11 Å². The summed E-state index contributed by atoms with van der Waals surface area (Å²) in [7, 11) is 1.56. The highest BCUT2D eigenvalue weighted by atomic mass is 19.1. The van der Waals surface area contributed by atoms with Crippen molar-refractivity contribution in [2.24, 2.45) is 0 Å². The van der Waals surface area contributed by atoms with Gasteiger partial charge in [0.25, 0.3) is 5.91 Å². The molecule has 2 N–H and O–H groups in total. The molecule has 3 aromatic carbocycles. The van der Waals surface area contributed by atoms with Crippen LogP contribution < -0.4 is 10.1 Å². The predicted molar refractivity (Wildman–Crippen MR) is 106 cm³/mol. The molecule has 0 unspecified atom stereocenters. The summed E-state index contributed by atoms with van der Waals surface area (Å²) in [5, 5.41) is 9.68. The average Bonchev–Trinajstić information content (AvgIpc) is 3.17. The topological polar surface area (TPSA) is 67.0 Å². The number of benzene rings is 3. The molecule has 0 aliphatic rings. The van der Waals surface area contributed by atoms with Crippen LogP contribution in [-0.4, -0.2) is 23.2 Å². The molecule has 7 heteroatoms. The summed E-state index contributed by atoms with van der Waals surface area (Å²) < 4.78 is 33.9. The Balaban J connectivity index is 1.64. The number of rotatable bonds is 5. The highest BCUT2D eigenvalue weighted by molar-refractivity contribution is 6.02. The number of amides is 1. The lowest BCUT2D eigenvalue weighted by molar-refractivity contribution is 0.0947. The Kier molecular flexibility index (Phi) is 4.95. The lowest BCUT2D eigenvalue weighted by atomic mass is 10.0. The lowest BCUT2D eigenvalue weighted by Gasteiger charge is -2.08. The number of carbonyl (C=O) groups is 1. The SMILES string of the molecule is COc1cccc(CNC(=O)c2ccc3[nH]nc(-c4cccc(F)c4)c3c2F)c1. The number of aromatic nitrogens is 2. The van der Waals surface area contributed by atoms with Crippen LogP contribution in [-0.2, 0) is 6.54 Å². The minimum Gasteiger partial charge on any atom is -0.497 e. The Morgan fingerprint density at radius 1 is 1.10 bits per heavy atom. The molecule has 0 saturated heterocycles. The molecule has 4 rings (SSSR count). The molecule has 1 heterocycles.